The first-order valence-electron chi connectivity index (χ1n) is 10.0. The van der Waals surface area contributed by atoms with Crippen molar-refractivity contribution in [2.45, 2.75) is 44.9 Å². The van der Waals surface area contributed by atoms with Crippen molar-refractivity contribution in [2.75, 3.05) is 13.2 Å². The molecule has 7 nitrogen and oxygen atoms in total. The van der Waals surface area contributed by atoms with E-state index < -0.39 is 0 Å². The van der Waals surface area contributed by atoms with E-state index in [9.17, 15) is 4.79 Å². The van der Waals surface area contributed by atoms with Gasteiger partial charge in [-0.1, -0.05) is 36.4 Å². The second-order valence-electron chi connectivity index (χ2n) is 7.17. The third-order valence-electron chi connectivity index (χ3n) is 4.96. The van der Waals surface area contributed by atoms with Crippen LogP contribution in [0.2, 0.25) is 0 Å². The van der Waals surface area contributed by atoms with Crippen LogP contribution in [0.1, 0.15) is 30.6 Å². The molecule has 3 aromatic rings. The van der Waals surface area contributed by atoms with Crippen molar-refractivity contribution in [3.8, 4) is 11.4 Å². The van der Waals surface area contributed by atoms with Gasteiger partial charge in [-0.3, -0.25) is 4.79 Å². The first-order valence-corrected chi connectivity index (χ1v) is 10.9. The quantitative estimate of drug-likeness (QED) is 0.540. The van der Waals surface area contributed by atoms with Crippen molar-refractivity contribution in [3.05, 3.63) is 52.7 Å². The van der Waals surface area contributed by atoms with E-state index in [0.717, 1.165) is 25.0 Å². The average Bonchev–Trinajstić information content (AvgIpc) is 3.51. The van der Waals surface area contributed by atoms with Gasteiger partial charge < -0.3 is 9.64 Å². The van der Waals surface area contributed by atoms with Gasteiger partial charge in [0.15, 0.2) is 0 Å². The van der Waals surface area contributed by atoms with Gasteiger partial charge in [0, 0.05) is 30.0 Å². The van der Waals surface area contributed by atoms with Crippen LogP contribution >= 0.6 is 11.3 Å². The monoisotopic (exact) mass is 411 g/mol. The first-order chi connectivity index (χ1) is 14.3. The fourth-order valence-corrected chi connectivity index (χ4v) is 4.17. The largest absolute Gasteiger partial charge is 0.376 e. The van der Waals surface area contributed by atoms with Crippen molar-refractivity contribution in [1.82, 2.24) is 25.1 Å². The molecular weight excluding hydrogens is 386 g/mol. The Hall–Kier alpha value is -2.58. The van der Waals surface area contributed by atoms with Gasteiger partial charge in [0.2, 0.25) is 11.7 Å². The van der Waals surface area contributed by atoms with Gasteiger partial charge in [-0.15, -0.1) is 21.5 Å². The maximum absolute atomic E-state index is 12.9. The van der Waals surface area contributed by atoms with Crippen LogP contribution in [0.4, 0.5) is 0 Å². The van der Waals surface area contributed by atoms with Gasteiger partial charge in [0.05, 0.1) is 19.2 Å². The summed E-state index contributed by atoms with van der Waals surface area (Å²) in [5.41, 5.74) is 0.938. The first kappa shape index (κ1) is 19.7. The summed E-state index contributed by atoms with van der Waals surface area (Å²) in [6.45, 7) is 2.68. The van der Waals surface area contributed by atoms with Gasteiger partial charge in [-0.2, -0.15) is 4.80 Å². The van der Waals surface area contributed by atoms with Crippen molar-refractivity contribution in [1.29, 1.82) is 0 Å². The Kier molecular flexibility index (Phi) is 6.63. The molecule has 3 heterocycles. The van der Waals surface area contributed by atoms with Crippen molar-refractivity contribution in [2.24, 2.45) is 0 Å². The molecule has 8 heteroatoms. The molecule has 0 N–H and O–H groups in total. The van der Waals surface area contributed by atoms with E-state index in [1.54, 1.807) is 16.1 Å². The minimum absolute atomic E-state index is 0.150. The number of carbonyl (C=O) groups excluding carboxylic acids is 1. The minimum atomic E-state index is 0.150. The summed E-state index contributed by atoms with van der Waals surface area (Å²) in [5.74, 6) is 0.756. The Morgan fingerprint density at radius 1 is 1.24 bits per heavy atom. The molecule has 152 valence electrons. The lowest BCUT2D eigenvalue weighted by Gasteiger charge is -2.25. The maximum Gasteiger partial charge on any atom is 0.223 e. The number of carbonyl (C=O) groups is 1. The molecule has 0 radical (unpaired) electrons. The van der Waals surface area contributed by atoms with E-state index in [1.807, 2.05) is 46.7 Å². The zero-order valence-corrected chi connectivity index (χ0v) is 17.1. The molecule has 4 rings (SSSR count). The molecule has 1 aliphatic rings. The molecule has 0 aliphatic carbocycles. The number of nitrogens with zero attached hydrogens (tertiary/aromatic N) is 5. The van der Waals surface area contributed by atoms with Crippen molar-refractivity contribution >= 4 is 17.2 Å². The molecule has 2 aromatic heterocycles. The van der Waals surface area contributed by atoms with Crippen LogP contribution in [-0.2, 0) is 22.6 Å². The molecule has 1 unspecified atom stereocenters. The summed E-state index contributed by atoms with van der Waals surface area (Å²) in [6, 6.07) is 13.9. The average molecular weight is 412 g/mol. The van der Waals surface area contributed by atoms with Gasteiger partial charge in [0.1, 0.15) is 0 Å². The topological polar surface area (TPSA) is 73.1 Å². The molecule has 1 saturated heterocycles. The highest BCUT2D eigenvalue weighted by Crippen LogP contribution is 2.18. The van der Waals surface area contributed by atoms with Crippen LogP contribution in [-0.4, -0.2) is 50.3 Å². The molecular formula is C21H25N5O2S. The van der Waals surface area contributed by atoms with Gasteiger partial charge in [-0.05, 0) is 35.9 Å². The Morgan fingerprint density at radius 2 is 2.14 bits per heavy atom. The number of aromatic nitrogens is 4. The normalized spacial score (nSPS) is 16.2. The van der Waals surface area contributed by atoms with Gasteiger partial charge >= 0.3 is 0 Å². The predicted molar refractivity (Wildman–Crippen MR) is 111 cm³/mol. The predicted octanol–water partition coefficient (Wildman–Crippen LogP) is 3.39. The fraction of sp³-hybridized carbons (Fsp3) is 0.429. The van der Waals surface area contributed by atoms with Crippen molar-refractivity contribution in [3.63, 3.8) is 0 Å². The van der Waals surface area contributed by atoms with Crippen molar-refractivity contribution < 1.29 is 9.53 Å². The SMILES string of the molecule is O=C(CCCn1nnc(-c2ccccc2)n1)N(Cc1cccs1)CC1CCCO1. The summed E-state index contributed by atoms with van der Waals surface area (Å²) in [5, 5.41) is 14.7. The third-order valence-corrected chi connectivity index (χ3v) is 5.82. The Balaban J connectivity index is 1.31. The van der Waals surface area contributed by atoms with Gasteiger partial charge in [-0.25, -0.2) is 0 Å². The maximum atomic E-state index is 12.9. The number of rotatable bonds is 9. The van der Waals surface area contributed by atoms with E-state index in [0.29, 0.717) is 38.3 Å². The van der Waals surface area contributed by atoms with E-state index in [1.165, 1.54) is 4.88 Å². The highest BCUT2D eigenvalue weighted by molar-refractivity contribution is 7.09. The molecule has 0 spiro atoms. The third kappa shape index (κ3) is 5.48. The summed E-state index contributed by atoms with van der Waals surface area (Å²) < 4.78 is 5.75. The zero-order valence-electron chi connectivity index (χ0n) is 16.3. The van der Waals surface area contributed by atoms with Crippen LogP contribution in [0.25, 0.3) is 11.4 Å². The fourth-order valence-electron chi connectivity index (χ4n) is 3.45. The number of hydrogen-bond acceptors (Lipinski definition) is 6. The minimum Gasteiger partial charge on any atom is -0.376 e. The number of benzene rings is 1. The lowest BCUT2D eigenvalue weighted by molar-refractivity contribution is -0.133. The molecule has 1 aromatic carbocycles. The summed E-state index contributed by atoms with van der Waals surface area (Å²) in [7, 11) is 0. The molecule has 0 bridgehead atoms. The lowest BCUT2D eigenvalue weighted by atomic mass is 10.2. The Morgan fingerprint density at radius 3 is 2.90 bits per heavy atom. The van der Waals surface area contributed by atoms with E-state index in [2.05, 4.69) is 21.5 Å². The van der Waals surface area contributed by atoms with Crippen LogP contribution in [0.15, 0.2) is 47.8 Å². The molecule has 1 amide bonds. The number of ether oxygens (including phenoxy) is 1. The highest BCUT2D eigenvalue weighted by atomic mass is 32.1. The molecule has 1 fully saturated rings. The standard InChI is InChI=1S/C21H25N5O2S/c27-20(25(15-18-9-5-13-28-18)16-19-10-6-14-29-19)11-4-12-26-23-21(22-24-26)17-7-2-1-3-8-17/h1-3,6-8,10,14,18H,4-5,9,11-13,15-16H2. The molecule has 29 heavy (non-hydrogen) atoms. The molecule has 1 atom stereocenters. The molecule has 1 aliphatic heterocycles. The van der Waals surface area contributed by atoms with Crippen LogP contribution in [0.5, 0.6) is 0 Å². The second-order valence-corrected chi connectivity index (χ2v) is 8.20. The lowest BCUT2D eigenvalue weighted by Crippen LogP contribution is -2.36. The van der Waals surface area contributed by atoms with E-state index in [4.69, 9.17) is 4.74 Å². The number of hydrogen-bond donors (Lipinski definition) is 0. The summed E-state index contributed by atoms with van der Waals surface area (Å²) >= 11 is 1.68. The number of amides is 1. The highest BCUT2D eigenvalue weighted by Gasteiger charge is 2.23. The van der Waals surface area contributed by atoms with E-state index >= 15 is 0 Å². The zero-order chi connectivity index (χ0) is 19.9. The smallest absolute Gasteiger partial charge is 0.223 e. The Bertz CT molecular complexity index is 891. The number of thiophene rings is 1. The van der Waals surface area contributed by atoms with Gasteiger partial charge in [0.25, 0.3) is 0 Å². The second kappa shape index (κ2) is 9.76. The number of tetrazole rings is 1. The number of aryl methyl sites for hydroxylation is 1. The Labute approximate surface area is 174 Å². The molecule has 0 saturated carbocycles. The van der Waals surface area contributed by atoms with Crippen LogP contribution < -0.4 is 0 Å². The van der Waals surface area contributed by atoms with E-state index in [-0.39, 0.29) is 12.0 Å². The van der Waals surface area contributed by atoms with Crippen LogP contribution in [0.3, 0.4) is 0 Å². The van der Waals surface area contributed by atoms with Crippen LogP contribution in [0, 0.1) is 0 Å². The summed E-state index contributed by atoms with van der Waals surface area (Å²) in [4.78, 5) is 17.6. The summed E-state index contributed by atoms with van der Waals surface area (Å²) in [6.07, 6.45) is 3.40.